The van der Waals surface area contributed by atoms with Crippen LogP contribution in [0.2, 0.25) is 5.02 Å². The molecule has 0 bridgehead atoms. The summed E-state index contributed by atoms with van der Waals surface area (Å²) in [6.45, 7) is 1.93. The van der Waals surface area contributed by atoms with E-state index in [1.54, 1.807) is 6.07 Å². The fourth-order valence-electron chi connectivity index (χ4n) is 2.47. The molecule has 3 rings (SSSR count). The van der Waals surface area contributed by atoms with Crippen molar-refractivity contribution in [1.29, 1.82) is 0 Å². The Morgan fingerprint density at radius 2 is 2.05 bits per heavy atom. The minimum Gasteiger partial charge on any atom is -0.456 e. The minimum atomic E-state index is -0.290. The molecule has 4 heteroatoms. The molecule has 2 aromatic carbocycles. The molecule has 0 aliphatic rings. The zero-order chi connectivity index (χ0) is 15.0. The number of halogens is 2. The van der Waals surface area contributed by atoms with Gasteiger partial charge in [0.15, 0.2) is 0 Å². The van der Waals surface area contributed by atoms with Crippen LogP contribution in [-0.2, 0) is 6.42 Å². The molecule has 0 spiro atoms. The molecule has 2 nitrogen and oxygen atoms in total. The summed E-state index contributed by atoms with van der Waals surface area (Å²) < 4.78 is 19.3. The van der Waals surface area contributed by atoms with Crippen LogP contribution in [0.15, 0.2) is 46.9 Å². The van der Waals surface area contributed by atoms with Crippen molar-refractivity contribution in [3.8, 4) is 11.3 Å². The number of furan rings is 1. The van der Waals surface area contributed by atoms with E-state index in [9.17, 15) is 4.39 Å². The van der Waals surface area contributed by atoms with E-state index in [4.69, 9.17) is 21.8 Å². The molecule has 1 aromatic heterocycles. The summed E-state index contributed by atoms with van der Waals surface area (Å²) >= 11 is 6.15. The molecule has 0 fully saturated rings. The summed E-state index contributed by atoms with van der Waals surface area (Å²) in [5.41, 5.74) is 8.30. The molecule has 1 unspecified atom stereocenters. The van der Waals surface area contributed by atoms with Gasteiger partial charge in [0, 0.05) is 22.0 Å². The SMILES string of the molecule is CC(N)Cc1cc(Cl)cc2cc(-c3cccc(F)c3)oc12. The second-order valence-electron chi connectivity index (χ2n) is 5.29. The molecule has 2 N–H and O–H groups in total. The Balaban J connectivity index is 2.15. The van der Waals surface area contributed by atoms with Gasteiger partial charge >= 0.3 is 0 Å². The van der Waals surface area contributed by atoms with Crippen molar-refractivity contribution >= 4 is 22.6 Å². The predicted octanol–water partition coefficient (Wildman–Crippen LogP) is 4.78. The Hall–Kier alpha value is -1.84. The molecule has 21 heavy (non-hydrogen) atoms. The van der Waals surface area contributed by atoms with Crippen LogP contribution in [0, 0.1) is 5.82 Å². The molecule has 1 atom stereocenters. The third-order valence-electron chi connectivity index (χ3n) is 3.31. The quantitative estimate of drug-likeness (QED) is 0.756. The third kappa shape index (κ3) is 2.94. The van der Waals surface area contributed by atoms with Gasteiger partial charge in [0.25, 0.3) is 0 Å². The highest BCUT2D eigenvalue weighted by atomic mass is 35.5. The topological polar surface area (TPSA) is 39.2 Å². The molecule has 0 saturated carbocycles. The Morgan fingerprint density at radius 3 is 2.76 bits per heavy atom. The first-order valence-electron chi connectivity index (χ1n) is 6.76. The number of fused-ring (bicyclic) bond motifs is 1. The standard InChI is InChI=1S/C17H15ClFNO/c1-10(20)5-12-6-14(18)7-13-9-16(21-17(12)13)11-3-2-4-15(19)8-11/h2-4,6-10H,5,20H2,1H3. The molecule has 0 aliphatic carbocycles. The number of benzene rings is 2. The highest BCUT2D eigenvalue weighted by molar-refractivity contribution is 6.31. The van der Waals surface area contributed by atoms with E-state index >= 15 is 0 Å². The number of hydrogen-bond acceptors (Lipinski definition) is 2. The van der Waals surface area contributed by atoms with Gasteiger partial charge in [0.2, 0.25) is 0 Å². The molecule has 1 heterocycles. The average molecular weight is 304 g/mol. The van der Waals surface area contributed by atoms with Gasteiger partial charge in [0.1, 0.15) is 17.2 Å². The van der Waals surface area contributed by atoms with Gasteiger partial charge < -0.3 is 10.2 Å². The van der Waals surface area contributed by atoms with Crippen molar-refractivity contribution < 1.29 is 8.81 Å². The van der Waals surface area contributed by atoms with E-state index in [0.29, 0.717) is 22.8 Å². The van der Waals surface area contributed by atoms with Gasteiger partial charge in [-0.25, -0.2) is 4.39 Å². The minimum absolute atomic E-state index is 0.00869. The van der Waals surface area contributed by atoms with Gasteiger partial charge in [-0.1, -0.05) is 23.7 Å². The summed E-state index contributed by atoms with van der Waals surface area (Å²) in [7, 11) is 0. The summed E-state index contributed by atoms with van der Waals surface area (Å²) in [5, 5.41) is 1.54. The van der Waals surface area contributed by atoms with Gasteiger partial charge in [0.05, 0.1) is 0 Å². The first-order chi connectivity index (χ1) is 10.0. The maximum atomic E-state index is 13.3. The van der Waals surface area contributed by atoms with E-state index in [1.807, 2.05) is 31.2 Å². The lowest BCUT2D eigenvalue weighted by molar-refractivity contribution is 0.613. The average Bonchev–Trinajstić information content (AvgIpc) is 2.82. The van der Waals surface area contributed by atoms with E-state index in [0.717, 1.165) is 16.5 Å². The van der Waals surface area contributed by atoms with E-state index < -0.39 is 0 Å². The van der Waals surface area contributed by atoms with Crippen LogP contribution < -0.4 is 5.73 Å². The monoisotopic (exact) mass is 303 g/mol. The Labute approximate surface area is 127 Å². The molecule has 0 radical (unpaired) electrons. The van der Waals surface area contributed by atoms with Gasteiger partial charge in [-0.15, -0.1) is 0 Å². The summed E-state index contributed by atoms with van der Waals surface area (Å²) in [6, 6.07) is 11.9. The van der Waals surface area contributed by atoms with Crippen LogP contribution >= 0.6 is 11.6 Å². The lowest BCUT2D eigenvalue weighted by atomic mass is 10.1. The second kappa shape index (κ2) is 5.51. The lowest BCUT2D eigenvalue weighted by Gasteiger charge is -2.06. The van der Waals surface area contributed by atoms with Crippen molar-refractivity contribution in [2.75, 3.05) is 0 Å². The molecule has 0 aliphatic heterocycles. The van der Waals surface area contributed by atoms with Crippen LogP contribution in [0.4, 0.5) is 4.39 Å². The van der Waals surface area contributed by atoms with Crippen LogP contribution in [0.25, 0.3) is 22.3 Å². The van der Waals surface area contributed by atoms with Crippen molar-refractivity contribution in [2.24, 2.45) is 5.73 Å². The number of hydrogen-bond donors (Lipinski definition) is 1. The molecule has 0 saturated heterocycles. The second-order valence-corrected chi connectivity index (χ2v) is 5.72. The lowest BCUT2D eigenvalue weighted by Crippen LogP contribution is -2.17. The molecular weight excluding hydrogens is 289 g/mol. The van der Waals surface area contributed by atoms with Crippen LogP contribution in [-0.4, -0.2) is 6.04 Å². The summed E-state index contributed by atoms with van der Waals surface area (Å²) in [6.07, 6.45) is 0.674. The van der Waals surface area contributed by atoms with Crippen molar-refractivity contribution in [2.45, 2.75) is 19.4 Å². The van der Waals surface area contributed by atoms with Crippen molar-refractivity contribution in [3.05, 3.63) is 58.9 Å². The van der Waals surface area contributed by atoms with Crippen LogP contribution in [0.3, 0.4) is 0 Å². The largest absolute Gasteiger partial charge is 0.456 e. The van der Waals surface area contributed by atoms with Crippen molar-refractivity contribution in [1.82, 2.24) is 0 Å². The number of rotatable bonds is 3. The fraction of sp³-hybridized carbons (Fsp3) is 0.176. The van der Waals surface area contributed by atoms with E-state index in [2.05, 4.69) is 0 Å². The zero-order valence-electron chi connectivity index (χ0n) is 11.6. The van der Waals surface area contributed by atoms with Gasteiger partial charge in [-0.3, -0.25) is 0 Å². The third-order valence-corrected chi connectivity index (χ3v) is 3.53. The van der Waals surface area contributed by atoms with E-state index in [1.165, 1.54) is 12.1 Å². The molecular formula is C17H15ClFNO. The predicted molar refractivity (Wildman–Crippen MR) is 84.0 cm³/mol. The first-order valence-corrected chi connectivity index (χ1v) is 7.14. The Morgan fingerprint density at radius 1 is 1.24 bits per heavy atom. The van der Waals surface area contributed by atoms with E-state index in [-0.39, 0.29) is 11.9 Å². The molecule has 0 amide bonds. The van der Waals surface area contributed by atoms with Crippen LogP contribution in [0.5, 0.6) is 0 Å². The Bertz CT molecular complexity index is 795. The summed E-state index contributed by atoms with van der Waals surface area (Å²) in [5.74, 6) is 0.333. The highest BCUT2D eigenvalue weighted by Gasteiger charge is 2.13. The van der Waals surface area contributed by atoms with Crippen molar-refractivity contribution in [3.63, 3.8) is 0 Å². The molecule has 108 valence electrons. The van der Waals surface area contributed by atoms with Crippen LogP contribution in [0.1, 0.15) is 12.5 Å². The maximum absolute atomic E-state index is 13.3. The Kier molecular flexibility index (Phi) is 3.70. The fourth-order valence-corrected chi connectivity index (χ4v) is 2.72. The van der Waals surface area contributed by atoms with Gasteiger partial charge in [-0.05, 0) is 49.2 Å². The highest BCUT2D eigenvalue weighted by Crippen LogP contribution is 2.32. The number of nitrogens with two attached hydrogens (primary N) is 1. The zero-order valence-corrected chi connectivity index (χ0v) is 12.3. The maximum Gasteiger partial charge on any atom is 0.138 e. The smallest absolute Gasteiger partial charge is 0.138 e. The normalized spacial score (nSPS) is 12.8. The first kappa shape index (κ1) is 14.1. The van der Waals surface area contributed by atoms with Gasteiger partial charge in [-0.2, -0.15) is 0 Å². The summed E-state index contributed by atoms with van der Waals surface area (Å²) in [4.78, 5) is 0. The molecule has 3 aromatic rings.